The van der Waals surface area contributed by atoms with E-state index < -0.39 is 23.5 Å². The van der Waals surface area contributed by atoms with Crippen LogP contribution in [-0.2, 0) is 9.59 Å². The van der Waals surface area contributed by atoms with Crippen molar-refractivity contribution in [1.82, 2.24) is 0 Å². The average molecular weight is 460 g/mol. The first-order valence-electron chi connectivity index (χ1n) is 10.5. The molecule has 3 aromatic carbocycles. The molecule has 0 radical (unpaired) electrons. The van der Waals surface area contributed by atoms with Crippen LogP contribution < -0.4 is 9.64 Å². The summed E-state index contributed by atoms with van der Waals surface area (Å²) in [6, 6.07) is 22.4. The Labute approximate surface area is 197 Å². The lowest BCUT2D eigenvalue weighted by atomic mass is 9.95. The van der Waals surface area contributed by atoms with Crippen LogP contribution >= 0.6 is 11.6 Å². The van der Waals surface area contributed by atoms with E-state index in [-0.39, 0.29) is 5.57 Å². The van der Waals surface area contributed by atoms with Crippen LogP contribution in [-0.4, -0.2) is 23.4 Å². The van der Waals surface area contributed by atoms with Crippen molar-refractivity contribution in [2.45, 2.75) is 13.0 Å². The Bertz CT molecular complexity index is 1220. The van der Waals surface area contributed by atoms with Crippen molar-refractivity contribution in [2.75, 3.05) is 11.5 Å². The summed E-state index contributed by atoms with van der Waals surface area (Å²) >= 11 is 6.06. The summed E-state index contributed by atoms with van der Waals surface area (Å²) in [5.41, 5.74) is 2.04. The van der Waals surface area contributed by atoms with Gasteiger partial charge in [-0.25, -0.2) is 0 Å². The Morgan fingerprint density at radius 1 is 1.03 bits per heavy atom. The summed E-state index contributed by atoms with van der Waals surface area (Å²) in [7, 11) is 0. The van der Waals surface area contributed by atoms with Gasteiger partial charge in [0, 0.05) is 10.7 Å². The fraction of sp³-hybridized carbons (Fsp3) is 0.111. The van der Waals surface area contributed by atoms with Crippen molar-refractivity contribution in [1.29, 1.82) is 0 Å². The van der Waals surface area contributed by atoms with Crippen molar-refractivity contribution in [2.24, 2.45) is 0 Å². The van der Waals surface area contributed by atoms with Crippen LogP contribution in [0.15, 0.2) is 96.3 Å². The Balaban J connectivity index is 1.75. The quantitative estimate of drug-likeness (QED) is 0.445. The molecule has 0 aromatic heterocycles. The van der Waals surface area contributed by atoms with Gasteiger partial charge in [-0.2, -0.15) is 0 Å². The number of amides is 1. The number of hydrogen-bond donors (Lipinski definition) is 1. The fourth-order valence-electron chi connectivity index (χ4n) is 3.78. The van der Waals surface area contributed by atoms with Crippen LogP contribution in [0.5, 0.6) is 5.75 Å². The van der Waals surface area contributed by atoms with Crippen LogP contribution in [0, 0.1) is 0 Å². The molecule has 1 N–H and O–H groups in total. The number of hydrogen-bond acceptors (Lipinski definition) is 4. The normalized spacial score (nSPS) is 16.0. The first kappa shape index (κ1) is 22.4. The van der Waals surface area contributed by atoms with E-state index in [9.17, 15) is 14.7 Å². The molecule has 0 aliphatic carbocycles. The highest BCUT2D eigenvalue weighted by Crippen LogP contribution is 2.41. The number of anilines is 1. The highest BCUT2D eigenvalue weighted by Gasteiger charge is 2.43. The number of rotatable bonds is 7. The van der Waals surface area contributed by atoms with E-state index in [1.165, 1.54) is 11.0 Å². The van der Waals surface area contributed by atoms with E-state index in [0.29, 0.717) is 28.6 Å². The SMILES string of the molecule is CCOc1ccc(N2C(=O)C(O)=C(C(=O)/C=C/c3ccccc3)[C@H]2c2ccc(Cl)cc2)cc1. The van der Waals surface area contributed by atoms with E-state index in [0.717, 1.165) is 5.56 Å². The molecule has 0 saturated heterocycles. The molecule has 0 bridgehead atoms. The Morgan fingerprint density at radius 2 is 1.70 bits per heavy atom. The van der Waals surface area contributed by atoms with Gasteiger partial charge in [0.15, 0.2) is 11.5 Å². The summed E-state index contributed by atoms with van der Waals surface area (Å²) in [6.07, 6.45) is 3.03. The van der Waals surface area contributed by atoms with Crippen LogP contribution in [0.2, 0.25) is 5.02 Å². The summed E-state index contributed by atoms with van der Waals surface area (Å²) in [5.74, 6) is -0.990. The van der Waals surface area contributed by atoms with Crippen molar-refractivity contribution < 1.29 is 19.4 Å². The lowest BCUT2D eigenvalue weighted by Gasteiger charge is -2.27. The van der Waals surface area contributed by atoms with Gasteiger partial charge in [-0.05, 0) is 60.5 Å². The zero-order chi connectivity index (χ0) is 23.4. The van der Waals surface area contributed by atoms with Crippen LogP contribution in [0.25, 0.3) is 6.08 Å². The van der Waals surface area contributed by atoms with Crippen molar-refractivity contribution in [3.8, 4) is 5.75 Å². The number of nitrogens with zero attached hydrogens (tertiary/aromatic N) is 1. The number of carbonyl (C=O) groups is 2. The maximum atomic E-state index is 13.2. The van der Waals surface area contributed by atoms with E-state index in [2.05, 4.69) is 0 Å². The topological polar surface area (TPSA) is 66.8 Å². The number of aliphatic hydroxyl groups is 1. The third kappa shape index (κ3) is 4.69. The molecule has 4 rings (SSSR count). The summed E-state index contributed by atoms with van der Waals surface area (Å²) < 4.78 is 5.49. The Kier molecular flexibility index (Phi) is 6.61. The molecule has 0 spiro atoms. The largest absolute Gasteiger partial charge is 0.503 e. The number of benzene rings is 3. The molecular formula is C27H22ClNO4. The molecule has 1 aliphatic heterocycles. The van der Waals surface area contributed by atoms with E-state index in [1.54, 1.807) is 54.6 Å². The zero-order valence-corrected chi connectivity index (χ0v) is 18.7. The molecule has 1 atom stereocenters. The van der Waals surface area contributed by atoms with Gasteiger partial charge in [-0.15, -0.1) is 0 Å². The minimum atomic E-state index is -0.805. The van der Waals surface area contributed by atoms with Crippen LogP contribution in [0.3, 0.4) is 0 Å². The first-order valence-corrected chi connectivity index (χ1v) is 10.9. The molecular weight excluding hydrogens is 438 g/mol. The second kappa shape index (κ2) is 9.76. The number of carbonyl (C=O) groups excluding carboxylic acids is 2. The molecule has 166 valence electrons. The average Bonchev–Trinajstić information content (AvgIpc) is 3.10. The lowest BCUT2D eigenvalue weighted by molar-refractivity contribution is -0.117. The van der Waals surface area contributed by atoms with Gasteiger partial charge in [-0.1, -0.05) is 60.1 Å². The molecule has 0 saturated carbocycles. The second-order valence-electron chi connectivity index (χ2n) is 7.43. The molecule has 33 heavy (non-hydrogen) atoms. The minimum absolute atomic E-state index is 0.0170. The molecule has 1 aliphatic rings. The van der Waals surface area contributed by atoms with E-state index in [1.807, 2.05) is 37.3 Å². The van der Waals surface area contributed by atoms with Gasteiger partial charge in [0.25, 0.3) is 5.91 Å². The predicted octanol–water partition coefficient (Wildman–Crippen LogP) is 5.92. The van der Waals surface area contributed by atoms with Crippen LogP contribution in [0.1, 0.15) is 24.1 Å². The third-order valence-electron chi connectivity index (χ3n) is 5.31. The second-order valence-corrected chi connectivity index (χ2v) is 7.86. The Morgan fingerprint density at radius 3 is 2.33 bits per heavy atom. The number of halogens is 1. The number of allylic oxidation sites excluding steroid dienone is 1. The first-order chi connectivity index (χ1) is 16.0. The van der Waals surface area contributed by atoms with Gasteiger partial charge in [-0.3, -0.25) is 14.5 Å². The highest BCUT2D eigenvalue weighted by molar-refractivity contribution is 6.30. The zero-order valence-electron chi connectivity index (χ0n) is 17.9. The smallest absolute Gasteiger partial charge is 0.294 e. The highest BCUT2D eigenvalue weighted by atomic mass is 35.5. The van der Waals surface area contributed by atoms with Gasteiger partial charge in [0.2, 0.25) is 0 Å². The van der Waals surface area contributed by atoms with Crippen molar-refractivity contribution in [3.63, 3.8) is 0 Å². The minimum Gasteiger partial charge on any atom is -0.503 e. The number of ketones is 1. The number of ether oxygens (including phenoxy) is 1. The number of aliphatic hydroxyl groups excluding tert-OH is 1. The van der Waals surface area contributed by atoms with Gasteiger partial charge < -0.3 is 9.84 Å². The predicted molar refractivity (Wildman–Crippen MR) is 129 cm³/mol. The van der Waals surface area contributed by atoms with Crippen LogP contribution in [0.4, 0.5) is 5.69 Å². The maximum absolute atomic E-state index is 13.2. The van der Waals surface area contributed by atoms with Crippen molar-refractivity contribution in [3.05, 3.63) is 112 Å². The molecule has 1 amide bonds. The molecule has 6 heteroatoms. The maximum Gasteiger partial charge on any atom is 0.294 e. The summed E-state index contributed by atoms with van der Waals surface area (Å²) in [6.45, 7) is 2.40. The molecule has 1 heterocycles. The fourth-order valence-corrected chi connectivity index (χ4v) is 3.91. The van der Waals surface area contributed by atoms with E-state index in [4.69, 9.17) is 16.3 Å². The van der Waals surface area contributed by atoms with E-state index >= 15 is 0 Å². The third-order valence-corrected chi connectivity index (χ3v) is 5.56. The molecule has 5 nitrogen and oxygen atoms in total. The lowest BCUT2D eigenvalue weighted by Crippen LogP contribution is -2.30. The van der Waals surface area contributed by atoms with Gasteiger partial charge >= 0.3 is 0 Å². The standard InChI is InChI=1S/C27H22ClNO4/c1-2-33-22-15-13-21(14-16-22)29-25(19-9-11-20(28)12-10-19)24(26(31)27(29)32)23(30)17-8-18-6-4-3-5-7-18/h3-17,25,31H,2H2,1H3/b17-8+/t25-/m1/s1. The Hall–Kier alpha value is -3.83. The molecule has 0 fully saturated rings. The molecule has 3 aromatic rings. The summed E-state index contributed by atoms with van der Waals surface area (Å²) in [5, 5.41) is 11.3. The van der Waals surface area contributed by atoms with Gasteiger partial charge in [0.05, 0.1) is 18.2 Å². The summed E-state index contributed by atoms with van der Waals surface area (Å²) in [4.78, 5) is 27.8. The van der Waals surface area contributed by atoms with Gasteiger partial charge in [0.1, 0.15) is 5.75 Å². The van der Waals surface area contributed by atoms with Crippen molar-refractivity contribution >= 4 is 35.1 Å². The monoisotopic (exact) mass is 459 g/mol. The molecule has 0 unspecified atom stereocenters.